The molecule has 0 aliphatic rings. The molecule has 0 fully saturated rings. The van der Waals surface area contributed by atoms with Crippen LogP contribution in [0.1, 0.15) is 39.4 Å². The van der Waals surface area contributed by atoms with E-state index in [4.69, 9.17) is 9.16 Å². The summed E-state index contributed by atoms with van der Waals surface area (Å²) in [6, 6.07) is 9.73. The Hall–Kier alpha value is -1.59. The number of carbonyl (C=O) groups is 1. The largest absolute Gasteiger partial charge is 0.453 e. The molecule has 134 valence electrons. The van der Waals surface area contributed by atoms with Gasteiger partial charge in [0.15, 0.2) is 8.32 Å². The molecule has 24 heavy (non-hydrogen) atoms. The standard InChI is InChI=1S/C19H31NO3Si/c1-8-12-16(20-18(21)22-5)17(15-13-10-9-11-14-15)23-24(6,7)19(2,3)4/h8-14,16-17H,1-7H3,(H,20,21)/b12-8+/t16-,17-/m0/s1. The maximum atomic E-state index is 11.8. The number of benzene rings is 1. The van der Waals surface area contributed by atoms with Crippen molar-refractivity contribution in [2.45, 2.75) is 58.0 Å². The topological polar surface area (TPSA) is 47.6 Å². The van der Waals surface area contributed by atoms with Gasteiger partial charge >= 0.3 is 6.09 Å². The lowest BCUT2D eigenvalue weighted by molar-refractivity contribution is 0.133. The molecule has 0 aliphatic carbocycles. The van der Waals surface area contributed by atoms with Crippen LogP contribution in [0.4, 0.5) is 4.79 Å². The summed E-state index contributed by atoms with van der Waals surface area (Å²) in [5.74, 6) is 0. The fourth-order valence-electron chi connectivity index (χ4n) is 2.11. The molecule has 1 amide bonds. The summed E-state index contributed by atoms with van der Waals surface area (Å²) in [4.78, 5) is 11.8. The van der Waals surface area contributed by atoms with Gasteiger partial charge in [-0.2, -0.15) is 0 Å². The normalized spacial score (nSPS) is 15.1. The minimum atomic E-state index is -2.03. The van der Waals surface area contributed by atoms with Crippen LogP contribution in [-0.4, -0.2) is 27.6 Å². The lowest BCUT2D eigenvalue weighted by atomic mass is 10.0. The van der Waals surface area contributed by atoms with Crippen LogP contribution in [0.25, 0.3) is 0 Å². The molecular weight excluding hydrogens is 318 g/mol. The molecule has 0 radical (unpaired) electrons. The summed E-state index contributed by atoms with van der Waals surface area (Å²) in [5, 5.41) is 2.96. The number of hydrogen-bond acceptors (Lipinski definition) is 3. The first-order chi connectivity index (χ1) is 11.1. The highest BCUT2D eigenvalue weighted by Gasteiger charge is 2.41. The van der Waals surface area contributed by atoms with Gasteiger partial charge in [0.1, 0.15) is 0 Å². The van der Waals surface area contributed by atoms with Gasteiger partial charge in [0.2, 0.25) is 0 Å². The first-order valence-corrected chi connectivity index (χ1v) is 11.2. The average Bonchev–Trinajstić information content (AvgIpc) is 2.52. The maximum Gasteiger partial charge on any atom is 0.407 e. The van der Waals surface area contributed by atoms with Crippen LogP contribution in [0.15, 0.2) is 42.5 Å². The van der Waals surface area contributed by atoms with Crippen molar-refractivity contribution >= 4 is 14.4 Å². The predicted molar refractivity (Wildman–Crippen MR) is 102 cm³/mol. The zero-order valence-electron chi connectivity index (χ0n) is 15.9. The molecule has 1 aromatic carbocycles. The Bertz CT molecular complexity index is 549. The van der Waals surface area contributed by atoms with E-state index in [1.54, 1.807) is 0 Å². The van der Waals surface area contributed by atoms with Crippen LogP contribution in [0, 0.1) is 0 Å². The average molecular weight is 350 g/mol. The Kier molecular flexibility index (Phi) is 7.23. The Balaban J connectivity index is 3.24. The maximum absolute atomic E-state index is 11.8. The summed E-state index contributed by atoms with van der Waals surface area (Å²) in [5.41, 5.74) is 1.04. The molecule has 0 spiro atoms. The zero-order valence-corrected chi connectivity index (χ0v) is 16.9. The minimum absolute atomic E-state index is 0.0752. The molecular formula is C19H31NO3Si. The third-order valence-electron chi connectivity index (χ3n) is 4.55. The monoisotopic (exact) mass is 349 g/mol. The van der Waals surface area contributed by atoms with Crippen molar-refractivity contribution in [1.82, 2.24) is 5.32 Å². The molecule has 2 atom stereocenters. The number of alkyl carbamates (subject to hydrolysis) is 1. The molecule has 0 aromatic heterocycles. The van der Waals surface area contributed by atoms with E-state index in [1.165, 1.54) is 7.11 Å². The van der Waals surface area contributed by atoms with E-state index in [9.17, 15) is 4.79 Å². The van der Waals surface area contributed by atoms with E-state index in [0.29, 0.717) is 0 Å². The van der Waals surface area contributed by atoms with Crippen LogP contribution in [0.3, 0.4) is 0 Å². The smallest absolute Gasteiger partial charge is 0.407 e. The summed E-state index contributed by atoms with van der Waals surface area (Å²) in [6.45, 7) is 13.0. The van der Waals surface area contributed by atoms with Crippen LogP contribution in [-0.2, 0) is 9.16 Å². The number of allylic oxidation sites excluding steroid dienone is 1. The molecule has 0 aliphatic heterocycles. The van der Waals surface area contributed by atoms with Gasteiger partial charge in [-0.25, -0.2) is 4.79 Å². The minimum Gasteiger partial charge on any atom is -0.453 e. The highest BCUT2D eigenvalue weighted by molar-refractivity contribution is 6.74. The van der Waals surface area contributed by atoms with Crippen molar-refractivity contribution in [2.24, 2.45) is 0 Å². The number of ether oxygens (including phenoxy) is 1. The number of hydrogen-bond donors (Lipinski definition) is 1. The van der Waals surface area contributed by atoms with Gasteiger partial charge in [-0.15, -0.1) is 0 Å². The van der Waals surface area contributed by atoms with Gasteiger partial charge < -0.3 is 14.5 Å². The Labute approximate surface area is 147 Å². The molecule has 0 saturated carbocycles. The Morgan fingerprint density at radius 3 is 2.25 bits per heavy atom. The molecule has 0 unspecified atom stereocenters. The SMILES string of the molecule is C/C=C/[C@H](NC(=O)OC)[C@@H](O[Si](C)(C)C(C)(C)C)c1ccccc1. The molecule has 5 heteroatoms. The fraction of sp³-hybridized carbons (Fsp3) is 0.526. The summed E-state index contributed by atoms with van der Waals surface area (Å²) >= 11 is 0. The number of nitrogens with one attached hydrogen (secondary N) is 1. The van der Waals surface area contributed by atoms with Gasteiger partial charge in [-0.1, -0.05) is 63.3 Å². The van der Waals surface area contributed by atoms with Crippen LogP contribution < -0.4 is 5.32 Å². The van der Waals surface area contributed by atoms with Gasteiger partial charge in [0.25, 0.3) is 0 Å². The molecule has 4 nitrogen and oxygen atoms in total. The molecule has 1 aromatic rings. The van der Waals surface area contributed by atoms with Crippen molar-refractivity contribution in [3.8, 4) is 0 Å². The van der Waals surface area contributed by atoms with E-state index in [0.717, 1.165) is 5.56 Å². The highest BCUT2D eigenvalue weighted by atomic mass is 28.4. The third kappa shape index (κ3) is 5.49. The van der Waals surface area contributed by atoms with Crippen LogP contribution >= 0.6 is 0 Å². The zero-order chi connectivity index (χ0) is 18.4. The number of methoxy groups -OCH3 is 1. The predicted octanol–water partition coefficient (Wildman–Crippen LogP) is 5.05. The first kappa shape index (κ1) is 20.5. The third-order valence-corrected chi connectivity index (χ3v) is 9.01. The second-order valence-corrected chi connectivity index (χ2v) is 12.2. The number of rotatable bonds is 6. The lowest BCUT2D eigenvalue weighted by Gasteiger charge is -2.41. The summed E-state index contributed by atoms with van der Waals surface area (Å²) in [6.07, 6.45) is 3.15. The van der Waals surface area contributed by atoms with E-state index in [-0.39, 0.29) is 17.2 Å². The quantitative estimate of drug-likeness (QED) is 0.577. The second kappa shape index (κ2) is 8.49. The molecule has 0 heterocycles. The van der Waals surface area contributed by atoms with Crippen molar-refractivity contribution in [1.29, 1.82) is 0 Å². The van der Waals surface area contributed by atoms with Gasteiger partial charge in [0, 0.05) is 0 Å². The van der Waals surface area contributed by atoms with E-state index >= 15 is 0 Å². The van der Waals surface area contributed by atoms with Crippen molar-refractivity contribution in [3.63, 3.8) is 0 Å². The van der Waals surface area contributed by atoms with Crippen molar-refractivity contribution in [2.75, 3.05) is 7.11 Å². The van der Waals surface area contributed by atoms with Gasteiger partial charge in [0.05, 0.1) is 19.3 Å². The highest BCUT2D eigenvalue weighted by Crippen LogP contribution is 2.40. The van der Waals surface area contributed by atoms with Crippen molar-refractivity contribution < 1.29 is 14.0 Å². The van der Waals surface area contributed by atoms with Gasteiger partial charge in [-0.3, -0.25) is 0 Å². The Morgan fingerprint density at radius 1 is 1.21 bits per heavy atom. The molecule has 1 rings (SSSR count). The summed E-state index contributed by atoms with van der Waals surface area (Å²) < 4.78 is 11.4. The fourth-order valence-corrected chi connectivity index (χ4v) is 3.38. The molecule has 0 saturated heterocycles. The van der Waals surface area contributed by atoms with Crippen LogP contribution in [0.2, 0.25) is 18.1 Å². The summed E-state index contributed by atoms with van der Waals surface area (Å²) in [7, 11) is -0.660. The number of carbonyl (C=O) groups excluding carboxylic acids is 1. The Morgan fingerprint density at radius 2 is 1.79 bits per heavy atom. The van der Waals surface area contributed by atoms with E-state index in [2.05, 4.69) is 39.2 Å². The van der Waals surface area contributed by atoms with E-state index in [1.807, 2.05) is 49.4 Å². The van der Waals surface area contributed by atoms with Crippen molar-refractivity contribution in [3.05, 3.63) is 48.0 Å². The van der Waals surface area contributed by atoms with Gasteiger partial charge in [-0.05, 0) is 30.6 Å². The number of amides is 1. The molecule has 1 N–H and O–H groups in total. The first-order valence-electron chi connectivity index (χ1n) is 8.32. The second-order valence-electron chi connectivity index (χ2n) is 7.40. The van der Waals surface area contributed by atoms with E-state index < -0.39 is 14.4 Å². The van der Waals surface area contributed by atoms with Crippen LogP contribution in [0.5, 0.6) is 0 Å². The molecule has 0 bridgehead atoms. The lowest BCUT2D eigenvalue weighted by Crippen LogP contribution is -2.47.